The molecule has 45 heavy (non-hydrogen) atoms. The summed E-state index contributed by atoms with van der Waals surface area (Å²) in [6.45, 7) is 5.03. The molecule has 0 unspecified atom stereocenters. The second-order valence-corrected chi connectivity index (χ2v) is 13.7. The average molecular weight is 622 g/mol. The second kappa shape index (κ2) is 12.5. The molecule has 4 aliphatic carbocycles. The Morgan fingerprint density at radius 2 is 1.67 bits per heavy atom. The largest absolute Gasteiger partial charge is 0.479 e. The van der Waals surface area contributed by atoms with E-state index in [4.69, 9.17) is 9.47 Å². The summed E-state index contributed by atoms with van der Waals surface area (Å²) in [6.07, 6.45) is 6.97. The second-order valence-electron chi connectivity index (χ2n) is 13.7. The molecule has 0 aromatic heterocycles. The van der Waals surface area contributed by atoms with Crippen molar-refractivity contribution < 1.29 is 43.3 Å². The SMILES string of the molecule is CC(=O)O[C@]1(C(=O)COC(=O)CCC(=O)N[C@H](C(=O)O)c2ccccc2)CC[C@@H]2[C@@H]3CCC4=CC(=O)CC[C@]4(C)[C@H]3CC[C@@]21C. The fraction of sp³-hybridized carbons (Fsp3) is 0.600. The minimum Gasteiger partial charge on any atom is -0.479 e. The molecule has 4 aliphatic rings. The highest BCUT2D eigenvalue weighted by Crippen LogP contribution is 2.68. The molecule has 1 aromatic carbocycles. The minimum atomic E-state index is -1.42. The van der Waals surface area contributed by atoms with Crippen LogP contribution >= 0.6 is 0 Å². The number of hydrogen-bond donors (Lipinski definition) is 2. The number of carboxylic acids is 1. The zero-order valence-corrected chi connectivity index (χ0v) is 26.3. The molecular weight excluding hydrogens is 578 g/mol. The van der Waals surface area contributed by atoms with Crippen molar-refractivity contribution in [1.82, 2.24) is 5.32 Å². The van der Waals surface area contributed by atoms with Crippen LogP contribution in [0.15, 0.2) is 42.0 Å². The molecule has 0 bridgehead atoms. The molecule has 1 amide bonds. The van der Waals surface area contributed by atoms with Crippen LogP contribution in [0.4, 0.5) is 0 Å². The van der Waals surface area contributed by atoms with Gasteiger partial charge in [-0.3, -0.25) is 24.0 Å². The molecule has 0 saturated heterocycles. The van der Waals surface area contributed by atoms with Gasteiger partial charge in [0.2, 0.25) is 11.7 Å². The standard InChI is InChI=1S/C35H43NO9/c1-21(37)45-35(28(39)20-44-30(41)12-11-29(40)36-31(32(42)43)22-7-5-4-6-8-22)18-15-27-25-10-9-23-19-24(38)13-16-33(23,2)26(25)14-17-34(27,35)3/h4-8,19,25-27,31H,9-18,20H2,1-3H3,(H,36,40)(H,42,43)/t25-,26+,27-,31+,33+,34+,35+/m1/s1. The first kappa shape index (κ1) is 32.6. The third-order valence-electron chi connectivity index (χ3n) is 11.5. The summed E-state index contributed by atoms with van der Waals surface area (Å²) in [6, 6.07) is 6.96. The van der Waals surface area contributed by atoms with Crippen LogP contribution in [-0.2, 0) is 38.2 Å². The van der Waals surface area contributed by atoms with E-state index in [0.29, 0.717) is 43.1 Å². The van der Waals surface area contributed by atoms with E-state index in [9.17, 15) is 33.9 Å². The number of aliphatic carboxylic acids is 1. The maximum absolute atomic E-state index is 13.9. The molecule has 0 heterocycles. The van der Waals surface area contributed by atoms with Crippen LogP contribution in [0.5, 0.6) is 0 Å². The Balaban J connectivity index is 1.23. The molecule has 1 aromatic rings. The molecule has 0 spiro atoms. The van der Waals surface area contributed by atoms with Gasteiger partial charge in [-0.25, -0.2) is 4.79 Å². The molecule has 0 aliphatic heterocycles. The number of nitrogens with one attached hydrogen (secondary N) is 1. The first-order valence-electron chi connectivity index (χ1n) is 16.0. The Bertz CT molecular complexity index is 1420. The summed E-state index contributed by atoms with van der Waals surface area (Å²) in [4.78, 5) is 75.3. The van der Waals surface area contributed by atoms with Gasteiger partial charge >= 0.3 is 17.9 Å². The number of esters is 2. The quantitative estimate of drug-likeness (QED) is 0.355. The highest BCUT2D eigenvalue weighted by molar-refractivity contribution is 5.94. The molecule has 7 atom stereocenters. The van der Waals surface area contributed by atoms with Crippen LogP contribution in [-0.4, -0.2) is 52.7 Å². The van der Waals surface area contributed by atoms with Crippen molar-refractivity contribution in [3.63, 3.8) is 0 Å². The Kier molecular flexibility index (Phi) is 9.06. The Morgan fingerprint density at radius 3 is 2.36 bits per heavy atom. The predicted molar refractivity (Wildman–Crippen MR) is 161 cm³/mol. The Labute approximate surface area is 263 Å². The monoisotopic (exact) mass is 621 g/mol. The molecule has 3 saturated carbocycles. The number of ketones is 2. The van der Waals surface area contributed by atoms with Gasteiger partial charge in [-0.1, -0.05) is 49.8 Å². The van der Waals surface area contributed by atoms with Crippen LogP contribution < -0.4 is 5.32 Å². The number of carbonyl (C=O) groups excluding carboxylic acids is 5. The number of hydrogen-bond acceptors (Lipinski definition) is 8. The number of benzene rings is 1. The van der Waals surface area contributed by atoms with E-state index in [1.807, 2.05) is 13.0 Å². The number of rotatable bonds is 10. The number of amides is 1. The van der Waals surface area contributed by atoms with Crippen LogP contribution in [0.3, 0.4) is 0 Å². The molecule has 3 fully saturated rings. The number of ether oxygens (including phenoxy) is 2. The lowest BCUT2D eigenvalue weighted by atomic mass is 9.46. The average Bonchev–Trinajstić information content (AvgIpc) is 3.30. The normalized spacial score (nSPS) is 32.6. The van der Waals surface area contributed by atoms with Crippen molar-refractivity contribution in [3.05, 3.63) is 47.5 Å². The molecule has 2 N–H and O–H groups in total. The number of fused-ring (bicyclic) bond motifs is 5. The fourth-order valence-electron chi connectivity index (χ4n) is 9.20. The van der Waals surface area contributed by atoms with Crippen LogP contribution in [0.25, 0.3) is 0 Å². The first-order valence-corrected chi connectivity index (χ1v) is 16.0. The number of allylic oxidation sites excluding steroid dienone is 1. The lowest BCUT2D eigenvalue weighted by Gasteiger charge is -2.59. The minimum absolute atomic E-state index is 0.0394. The zero-order valence-electron chi connectivity index (χ0n) is 26.3. The van der Waals surface area contributed by atoms with Gasteiger partial charge in [0.25, 0.3) is 0 Å². The van der Waals surface area contributed by atoms with Crippen LogP contribution in [0.2, 0.25) is 0 Å². The van der Waals surface area contributed by atoms with Gasteiger partial charge in [0.15, 0.2) is 24.0 Å². The molecule has 10 heteroatoms. The van der Waals surface area contributed by atoms with Gasteiger partial charge in [-0.15, -0.1) is 0 Å². The van der Waals surface area contributed by atoms with Crippen LogP contribution in [0.1, 0.15) is 96.6 Å². The third-order valence-corrected chi connectivity index (χ3v) is 11.5. The highest BCUT2D eigenvalue weighted by atomic mass is 16.6. The third kappa shape index (κ3) is 5.95. The van der Waals surface area contributed by atoms with Crippen LogP contribution in [0, 0.1) is 28.6 Å². The van der Waals surface area contributed by atoms with E-state index in [-0.39, 0.29) is 30.0 Å². The van der Waals surface area contributed by atoms with Crippen molar-refractivity contribution in [2.45, 2.75) is 96.6 Å². The smallest absolute Gasteiger partial charge is 0.330 e. The summed E-state index contributed by atoms with van der Waals surface area (Å²) in [7, 11) is 0. The predicted octanol–water partition coefficient (Wildman–Crippen LogP) is 4.65. The van der Waals surface area contributed by atoms with E-state index in [0.717, 1.165) is 25.7 Å². The van der Waals surface area contributed by atoms with Crippen molar-refractivity contribution in [3.8, 4) is 0 Å². The lowest BCUT2D eigenvalue weighted by Crippen LogP contribution is -2.59. The Morgan fingerprint density at radius 1 is 0.956 bits per heavy atom. The van der Waals surface area contributed by atoms with Gasteiger partial charge < -0.3 is 19.9 Å². The molecule has 10 nitrogen and oxygen atoms in total. The lowest BCUT2D eigenvalue weighted by molar-refractivity contribution is -0.191. The van der Waals surface area contributed by atoms with Gasteiger partial charge in [0, 0.05) is 25.2 Å². The summed E-state index contributed by atoms with van der Waals surface area (Å²) in [5, 5.41) is 12.0. The highest BCUT2D eigenvalue weighted by Gasteiger charge is 2.68. The van der Waals surface area contributed by atoms with Gasteiger partial charge in [0.05, 0.1) is 6.42 Å². The zero-order chi connectivity index (χ0) is 32.6. The van der Waals surface area contributed by atoms with Gasteiger partial charge in [-0.05, 0) is 79.8 Å². The molecule has 242 valence electrons. The first-order chi connectivity index (χ1) is 21.3. The van der Waals surface area contributed by atoms with E-state index in [2.05, 4.69) is 12.2 Å². The topological polar surface area (TPSA) is 153 Å². The summed E-state index contributed by atoms with van der Waals surface area (Å²) in [5.74, 6) is -2.62. The van der Waals surface area contributed by atoms with Crippen molar-refractivity contribution in [2.75, 3.05) is 6.61 Å². The fourth-order valence-corrected chi connectivity index (χ4v) is 9.20. The molecular formula is C35H43NO9. The van der Waals surface area contributed by atoms with E-state index in [1.165, 1.54) is 12.5 Å². The van der Waals surface area contributed by atoms with Gasteiger partial charge in [-0.2, -0.15) is 0 Å². The van der Waals surface area contributed by atoms with E-state index < -0.39 is 53.3 Å². The summed E-state index contributed by atoms with van der Waals surface area (Å²) in [5.41, 5.74) is -0.441. The van der Waals surface area contributed by atoms with Gasteiger partial charge in [0.1, 0.15) is 0 Å². The summed E-state index contributed by atoms with van der Waals surface area (Å²) >= 11 is 0. The molecule has 0 radical (unpaired) electrons. The maximum Gasteiger partial charge on any atom is 0.330 e. The van der Waals surface area contributed by atoms with E-state index >= 15 is 0 Å². The number of carbonyl (C=O) groups is 6. The van der Waals surface area contributed by atoms with Crippen molar-refractivity contribution >= 4 is 35.4 Å². The number of carboxylic acid groups (broad SMARTS) is 1. The molecule has 5 rings (SSSR count). The van der Waals surface area contributed by atoms with Crippen molar-refractivity contribution in [1.29, 1.82) is 0 Å². The van der Waals surface area contributed by atoms with E-state index in [1.54, 1.807) is 30.3 Å². The summed E-state index contributed by atoms with van der Waals surface area (Å²) < 4.78 is 11.3. The maximum atomic E-state index is 13.9. The number of Topliss-reactive ketones (excluding diaryl/α,β-unsaturated/α-hetero) is 1. The Hall–Kier alpha value is -3.82. The van der Waals surface area contributed by atoms with Crippen molar-refractivity contribution in [2.24, 2.45) is 28.6 Å².